The minimum Gasteiger partial charge on any atom is -0.495 e. The van der Waals surface area contributed by atoms with E-state index in [-0.39, 0.29) is 0 Å². The molecule has 2 rings (SSSR count). The monoisotopic (exact) mass is 240 g/mol. The average Bonchev–Trinajstić information content (AvgIpc) is 2.65. The molecule has 3 nitrogen and oxygen atoms in total. The van der Waals surface area contributed by atoms with Crippen molar-refractivity contribution in [1.29, 1.82) is 0 Å². The molecule has 78 valence electrons. The summed E-state index contributed by atoms with van der Waals surface area (Å²) in [5.41, 5.74) is 0.881. The van der Waals surface area contributed by atoms with E-state index in [0.717, 1.165) is 16.6 Å². The summed E-state index contributed by atoms with van der Waals surface area (Å²) in [4.78, 5) is 4.10. The third kappa shape index (κ3) is 2.40. The third-order valence-electron chi connectivity index (χ3n) is 1.82. The topological polar surface area (TPSA) is 34.1 Å². The zero-order chi connectivity index (χ0) is 10.7. The lowest BCUT2D eigenvalue weighted by Gasteiger charge is -2.07. The van der Waals surface area contributed by atoms with Crippen LogP contribution in [0.15, 0.2) is 29.6 Å². The van der Waals surface area contributed by atoms with Crippen LogP contribution in [0.25, 0.3) is 0 Å². The van der Waals surface area contributed by atoms with Crippen molar-refractivity contribution in [1.82, 2.24) is 4.98 Å². The number of hydrogen-bond acceptors (Lipinski definition) is 4. The van der Waals surface area contributed by atoms with E-state index in [4.69, 9.17) is 16.3 Å². The molecule has 15 heavy (non-hydrogen) atoms. The highest BCUT2D eigenvalue weighted by atomic mass is 35.5. The SMILES string of the molecule is COc1ccccc1Nc1nc(Cl)cs1. The Balaban J connectivity index is 2.23. The lowest BCUT2D eigenvalue weighted by molar-refractivity contribution is 0.417. The van der Waals surface area contributed by atoms with Crippen molar-refractivity contribution in [3.63, 3.8) is 0 Å². The number of nitrogens with one attached hydrogen (secondary N) is 1. The van der Waals surface area contributed by atoms with Crippen LogP contribution in [0, 0.1) is 0 Å². The van der Waals surface area contributed by atoms with Crippen molar-refractivity contribution >= 4 is 33.8 Å². The lowest BCUT2D eigenvalue weighted by atomic mass is 10.3. The number of hydrogen-bond donors (Lipinski definition) is 1. The minimum atomic E-state index is 0.498. The maximum absolute atomic E-state index is 5.73. The highest BCUT2D eigenvalue weighted by Gasteiger charge is 2.04. The van der Waals surface area contributed by atoms with Crippen LogP contribution in [0.2, 0.25) is 5.15 Å². The van der Waals surface area contributed by atoms with E-state index in [0.29, 0.717) is 5.15 Å². The maximum Gasteiger partial charge on any atom is 0.188 e. The van der Waals surface area contributed by atoms with Crippen LogP contribution in [0.1, 0.15) is 0 Å². The molecule has 1 heterocycles. The Kier molecular flexibility index (Phi) is 3.08. The first kappa shape index (κ1) is 10.3. The largest absolute Gasteiger partial charge is 0.495 e. The van der Waals surface area contributed by atoms with Crippen molar-refractivity contribution in [2.75, 3.05) is 12.4 Å². The average molecular weight is 241 g/mol. The van der Waals surface area contributed by atoms with Crippen LogP contribution in [-0.4, -0.2) is 12.1 Å². The summed E-state index contributed by atoms with van der Waals surface area (Å²) in [5, 5.41) is 6.17. The highest BCUT2D eigenvalue weighted by molar-refractivity contribution is 7.14. The van der Waals surface area contributed by atoms with Gasteiger partial charge in [0.15, 0.2) is 5.13 Å². The first-order chi connectivity index (χ1) is 7.29. The molecule has 0 bridgehead atoms. The second-order valence-corrected chi connectivity index (χ2v) is 4.05. The zero-order valence-corrected chi connectivity index (χ0v) is 9.60. The summed E-state index contributed by atoms with van der Waals surface area (Å²) in [7, 11) is 1.63. The normalized spacial score (nSPS) is 10.0. The Labute approximate surface area is 96.7 Å². The van der Waals surface area contributed by atoms with Gasteiger partial charge in [-0.3, -0.25) is 0 Å². The fraction of sp³-hybridized carbons (Fsp3) is 0.100. The fourth-order valence-corrected chi connectivity index (χ4v) is 2.02. The lowest BCUT2D eigenvalue weighted by Crippen LogP contribution is -1.93. The van der Waals surface area contributed by atoms with E-state index in [1.165, 1.54) is 11.3 Å². The van der Waals surface area contributed by atoms with E-state index < -0.39 is 0 Å². The summed E-state index contributed by atoms with van der Waals surface area (Å²) >= 11 is 7.18. The van der Waals surface area contributed by atoms with Gasteiger partial charge in [-0.25, -0.2) is 4.98 Å². The molecule has 0 aliphatic carbocycles. The smallest absolute Gasteiger partial charge is 0.188 e. The van der Waals surface area contributed by atoms with Crippen LogP contribution < -0.4 is 10.1 Å². The molecule has 0 unspecified atom stereocenters. The number of nitrogens with zero attached hydrogens (tertiary/aromatic N) is 1. The predicted molar refractivity (Wildman–Crippen MR) is 63.4 cm³/mol. The minimum absolute atomic E-state index is 0.498. The van der Waals surface area contributed by atoms with Gasteiger partial charge in [-0.2, -0.15) is 0 Å². The van der Waals surface area contributed by atoms with Crippen molar-refractivity contribution in [3.05, 3.63) is 34.8 Å². The highest BCUT2D eigenvalue weighted by Crippen LogP contribution is 2.29. The number of methoxy groups -OCH3 is 1. The van der Waals surface area contributed by atoms with Crippen molar-refractivity contribution in [3.8, 4) is 5.75 Å². The van der Waals surface area contributed by atoms with E-state index >= 15 is 0 Å². The number of benzene rings is 1. The fourth-order valence-electron chi connectivity index (χ4n) is 1.17. The second kappa shape index (κ2) is 4.51. The van der Waals surface area contributed by atoms with Crippen molar-refractivity contribution in [2.24, 2.45) is 0 Å². The summed E-state index contributed by atoms with van der Waals surface area (Å²) in [6.45, 7) is 0. The first-order valence-electron chi connectivity index (χ1n) is 4.30. The summed E-state index contributed by atoms with van der Waals surface area (Å²) in [6.07, 6.45) is 0. The molecule has 1 aromatic heterocycles. The molecule has 0 fully saturated rings. The number of ether oxygens (including phenoxy) is 1. The molecule has 0 radical (unpaired) electrons. The molecule has 0 aliphatic heterocycles. The number of thiazole rings is 1. The molecular weight excluding hydrogens is 232 g/mol. The number of anilines is 2. The van der Waals surface area contributed by atoms with Crippen molar-refractivity contribution < 1.29 is 4.74 Å². The molecule has 0 spiro atoms. The third-order valence-corrected chi connectivity index (χ3v) is 2.91. The molecular formula is C10H9ClN2OS. The summed E-state index contributed by atoms with van der Waals surface area (Å²) in [6, 6.07) is 7.66. The Hall–Kier alpha value is -1.26. The molecule has 0 amide bonds. The van der Waals surface area contributed by atoms with Gasteiger partial charge in [0, 0.05) is 5.38 Å². The maximum atomic E-state index is 5.73. The van der Waals surface area contributed by atoms with E-state index in [9.17, 15) is 0 Å². The van der Waals surface area contributed by atoms with Gasteiger partial charge in [-0.15, -0.1) is 11.3 Å². The number of rotatable bonds is 3. The van der Waals surface area contributed by atoms with Gasteiger partial charge in [0.2, 0.25) is 0 Å². The molecule has 0 aliphatic rings. The van der Waals surface area contributed by atoms with Crippen LogP contribution in [0.3, 0.4) is 0 Å². The Morgan fingerprint density at radius 3 is 2.87 bits per heavy atom. The van der Waals surface area contributed by atoms with E-state index in [2.05, 4.69) is 10.3 Å². The van der Waals surface area contributed by atoms with Crippen LogP contribution in [0.4, 0.5) is 10.8 Å². The molecule has 1 aromatic carbocycles. The molecule has 5 heteroatoms. The molecule has 0 saturated heterocycles. The van der Waals surface area contributed by atoms with Gasteiger partial charge in [0.1, 0.15) is 10.9 Å². The number of aromatic nitrogens is 1. The Morgan fingerprint density at radius 1 is 1.40 bits per heavy atom. The summed E-state index contributed by atoms with van der Waals surface area (Å²) in [5.74, 6) is 0.781. The van der Waals surface area contributed by atoms with E-state index in [1.807, 2.05) is 24.3 Å². The van der Waals surface area contributed by atoms with Gasteiger partial charge in [-0.05, 0) is 12.1 Å². The Bertz CT molecular complexity index is 458. The van der Waals surface area contributed by atoms with Gasteiger partial charge in [0.25, 0.3) is 0 Å². The van der Waals surface area contributed by atoms with Crippen LogP contribution >= 0.6 is 22.9 Å². The van der Waals surface area contributed by atoms with Gasteiger partial charge >= 0.3 is 0 Å². The summed E-state index contributed by atoms with van der Waals surface area (Å²) < 4.78 is 5.21. The number of para-hydroxylation sites is 2. The number of halogens is 1. The van der Waals surface area contributed by atoms with Crippen molar-refractivity contribution in [2.45, 2.75) is 0 Å². The Morgan fingerprint density at radius 2 is 2.20 bits per heavy atom. The van der Waals surface area contributed by atoms with Gasteiger partial charge < -0.3 is 10.1 Å². The molecule has 0 saturated carbocycles. The first-order valence-corrected chi connectivity index (χ1v) is 5.56. The zero-order valence-electron chi connectivity index (χ0n) is 8.03. The van der Waals surface area contributed by atoms with Crippen LogP contribution in [0.5, 0.6) is 5.75 Å². The predicted octanol–water partition coefficient (Wildman–Crippen LogP) is 3.55. The standard InChI is InChI=1S/C10H9ClN2OS/c1-14-8-5-3-2-4-7(8)12-10-13-9(11)6-15-10/h2-6H,1H3,(H,12,13). The molecule has 0 atom stereocenters. The quantitative estimate of drug-likeness (QED) is 0.891. The van der Waals surface area contributed by atoms with Gasteiger partial charge in [-0.1, -0.05) is 23.7 Å². The van der Waals surface area contributed by atoms with Crippen LogP contribution in [-0.2, 0) is 0 Å². The van der Waals surface area contributed by atoms with Gasteiger partial charge in [0.05, 0.1) is 12.8 Å². The second-order valence-electron chi connectivity index (χ2n) is 2.80. The molecule has 1 N–H and O–H groups in total. The van der Waals surface area contributed by atoms with E-state index in [1.54, 1.807) is 12.5 Å². The molecule has 2 aromatic rings.